The Hall–Kier alpha value is -1.82. The van der Waals surface area contributed by atoms with E-state index in [1.165, 1.54) is 0 Å². The van der Waals surface area contributed by atoms with Gasteiger partial charge in [-0.15, -0.1) is 0 Å². The van der Waals surface area contributed by atoms with Crippen LogP contribution in [0.15, 0.2) is 0 Å². The van der Waals surface area contributed by atoms with Crippen LogP contribution in [0.5, 0.6) is 0 Å². The normalized spacial score (nSPS) is 18.2. The van der Waals surface area contributed by atoms with E-state index in [0.29, 0.717) is 42.9 Å². The van der Waals surface area contributed by atoms with Crippen molar-refractivity contribution in [3.8, 4) is 12.1 Å². The molecular weight excluding hydrogens is 264 g/mol. The van der Waals surface area contributed by atoms with E-state index in [9.17, 15) is 10.4 Å². The van der Waals surface area contributed by atoms with Gasteiger partial charge in [-0.3, -0.25) is 0 Å². The molecule has 0 spiro atoms. The fraction of sp³-hybridized carbons (Fsp3) is 0.462. The van der Waals surface area contributed by atoms with Crippen molar-refractivity contribution < 1.29 is 5.11 Å². The highest BCUT2D eigenvalue weighted by atomic mass is 35.5. The number of nitrogens with zero attached hydrogens (tertiary/aromatic N) is 4. The molecule has 1 aromatic rings. The summed E-state index contributed by atoms with van der Waals surface area (Å²) in [7, 11) is 0. The van der Waals surface area contributed by atoms with Crippen LogP contribution in [-0.2, 0) is 6.42 Å². The van der Waals surface area contributed by atoms with Crippen molar-refractivity contribution in [3.05, 3.63) is 21.8 Å². The molecule has 1 aliphatic heterocycles. The summed E-state index contributed by atoms with van der Waals surface area (Å²) in [5.41, 5.74) is 1.28. The standard InChI is InChI=1S/C13H13ClN4O/c1-2-9-10(5-15)12(14)17-13(11(9)6-16)18-4-3-8(19)7-18/h8,19H,2-4,7H2,1H3/t8-/m1/s1. The molecule has 0 radical (unpaired) electrons. The lowest BCUT2D eigenvalue weighted by molar-refractivity contribution is 0.198. The van der Waals surface area contributed by atoms with E-state index in [1.54, 1.807) is 0 Å². The van der Waals surface area contributed by atoms with E-state index in [2.05, 4.69) is 11.1 Å². The zero-order chi connectivity index (χ0) is 14.0. The maximum atomic E-state index is 9.58. The van der Waals surface area contributed by atoms with Crippen molar-refractivity contribution in [1.82, 2.24) is 4.98 Å². The molecule has 0 aliphatic carbocycles. The van der Waals surface area contributed by atoms with E-state index in [1.807, 2.05) is 17.9 Å². The van der Waals surface area contributed by atoms with E-state index in [4.69, 9.17) is 16.9 Å². The topological polar surface area (TPSA) is 83.9 Å². The predicted molar refractivity (Wildman–Crippen MR) is 70.9 cm³/mol. The number of nitriles is 2. The molecule has 1 N–H and O–H groups in total. The van der Waals surface area contributed by atoms with Crippen molar-refractivity contribution in [1.29, 1.82) is 10.5 Å². The summed E-state index contributed by atoms with van der Waals surface area (Å²) >= 11 is 6.03. The first kappa shape index (κ1) is 13.6. The minimum absolute atomic E-state index is 0.120. The van der Waals surface area contributed by atoms with Gasteiger partial charge in [-0.2, -0.15) is 10.5 Å². The van der Waals surface area contributed by atoms with E-state index < -0.39 is 6.10 Å². The van der Waals surface area contributed by atoms with Crippen LogP contribution >= 0.6 is 11.6 Å². The summed E-state index contributed by atoms with van der Waals surface area (Å²) in [6.07, 6.45) is 0.774. The van der Waals surface area contributed by atoms with Gasteiger partial charge < -0.3 is 10.0 Å². The molecule has 0 unspecified atom stereocenters. The van der Waals surface area contributed by atoms with Gasteiger partial charge in [-0.05, 0) is 18.4 Å². The Morgan fingerprint density at radius 1 is 1.42 bits per heavy atom. The Bertz CT molecular complexity index is 588. The highest BCUT2D eigenvalue weighted by Gasteiger charge is 2.27. The molecule has 1 aliphatic rings. The summed E-state index contributed by atoms with van der Waals surface area (Å²) in [6.45, 7) is 2.94. The second kappa shape index (κ2) is 5.44. The maximum Gasteiger partial charge on any atom is 0.149 e. The average molecular weight is 277 g/mol. The first-order chi connectivity index (χ1) is 9.12. The van der Waals surface area contributed by atoms with Crippen molar-refractivity contribution in [2.24, 2.45) is 0 Å². The van der Waals surface area contributed by atoms with Crippen LogP contribution in [0.2, 0.25) is 5.15 Å². The zero-order valence-corrected chi connectivity index (χ0v) is 11.3. The van der Waals surface area contributed by atoms with Crippen LogP contribution < -0.4 is 4.90 Å². The number of hydrogen-bond acceptors (Lipinski definition) is 5. The fourth-order valence-corrected chi connectivity index (χ4v) is 2.57. The van der Waals surface area contributed by atoms with Crippen LogP contribution in [-0.4, -0.2) is 29.3 Å². The van der Waals surface area contributed by atoms with Crippen LogP contribution in [0, 0.1) is 22.7 Å². The quantitative estimate of drug-likeness (QED) is 0.830. The molecular formula is C13H13ClN4O. The first-order valence-electron chi connectivity index (χ1n) is 6.07. The Kier molecular flexibility index (Phi) is 3.90. The minimum atomic E-state index is -0.409. The van der Waals surface area contributed by atoms with Gasteiger partial charge in [0.2, 0.25) is 0 Å². The van der Waals surface area contributed by atoms with Crippen molar-refractivity contribution >= 4 is 17.4 Å². The summed E-state index contributed by atoms with van der Waals surface area (Å²) in [5.74, 6) is 0.472. The predicted octanol–water partition coefficient (Wildman–Crippen LogP) is 1.61. The largest absolute Gasteiger partial charge is 0.391 e. The van der Waals surface area contributed by atoms with Gasteiger partial charge in [0, 0.05) is 13.1 Å². The van der Waals surface area contributed by atoms with E-state index >= 15 is 0 Å². The lowest BCUT2D eigenvalue weighted by Gasteiger charge is -2.20. The molecule has 2 heterocycles. The van der Waals surface area contributed by atoms with Gasteiger partial charge in [0.05, 0.1) is 17.2 Å². The molecule has 1 aromatic heterocycles. The molecule has 1 atom stereocenters. The molecule has 98 valence electrons. The van der Waals surface area contributed by atoms with Crippen LogP contribution in [0.1, 0.15) is 30.0 Å². The second-order valence-corrected chi connectivity index (χ2v) is 4.78. The molecule has 0 saturated carbocycles. The number of aromatic nitrogens is 1. The number of aliphatic hydroxyl groups excluding tert-OH is 1. The van der Waals surface area contributed by atoms with Crippen molar-refractivity contribution in [2.75, 3.05) is 18.0 Å². The van der Waals surface area contributed by atoms with Crippen molar-refractivity contribution in [3.63, 3.8) is 0 Å². The number of hydrogen-bond donors (Lipinski definition) is 1. The third-order valence-electron chi connectivity index (χ3n) is 3.28. The molecule has 1 saturated heterocycles. The molecule has 0 bridgehead atoms. The minimum Gasteiger partial charge on any atom is -0.391 e. The van der Waals surface area contributed by atoms with Crippen LogP contribution in [0.3, 0.4) is 0 Å². The Labute approximate surface area is 116 Å². The number of halogens is 1. The van der Waals surface area contributed by atoms with Gasteiger partial charge in [-0.25, -0.2) is 4.98 Å². The maximum absolute atomic E-state index is 9.58. The summed E-state index contributed by atoms with van der Waals surface area (Å²) in [6, 6.07) is 4.12. The number of aliphatic hydroxyl groups is 1. The van der Waals surface area contributed by atoms with Gasteiger partial charge in [0.25, 0.3) is 0 Å². The lowest BCUT2D eigenvalue weighted by atomic mass is 10.0. The SMILES string of the molecule is CCc1c(C#N)c(Cl)nc(N2CC[C@@H](O)C2)c1C#N. The van der Waals surface area contributed by atoms with Crippen LogP contribution in [0.4, 0.5) is 5.82 Å². The third kappa shape index (κ3) is 2.35. The molecule has 2 rings (SSSR count). The fourth-order valence-electron chi connectivity index (χ4n) is 2.34. The summed E-state index contributed by atoms with van der Waals surface area (Å²) in [4.78, 5) is 6.02. The number of rotatable bonds is 2. The van der Waals surface area contributed by atoms with Gasteiger partial charge in [0.1, 0.15) is 23.1 Å². The third-order valence-corrected chi connectivity index (χ3v) is 3.55. The number of anilines is 1. The highest BCUT2D eigenvalue weighted by Crippen LogP contribution is 2.30. The monoisotopic (exact) mass is 276 g/mol. The van der Waals surface area contributed by atoms with Crippen molar-refractivity contribution in [2.45, 2.75) is 25.9 Å². The van der Waals surface area contributed by atoms with Gasteiger partial charge in [0.15, 0.2) is 0 Å². The van der Waals surface area contributed by atoms with Gasteiger partial charge in [-0.1, -0.05) is 18.5 Å². The Morgan fingerprint density at radius 2 is 2.11 bits per heavy atom. The molecule has 0 amide bonds. The number of β-amino-alcohol motifs (C(OH)–C–C–N with tert-alkyl or cyclic N) is 1. The average Bonchev–Trinajstić information content (AvgIpc) is 2.83. The molecule has 19 heavy (non-hydrogen) atoms. The van der Waals surface area contributed by atoms with E-state index in [0.717, 1.165) is 0 Å². The lowest BCUT2D eigenvalue weighted by Crippen LogP contribution is -2.24. The first-order valence-corrected chi connectivity index (χ1v) is 6.45. The van der Waals surface area contributed by atoms with Gasteiger partial charge >= 0.3 is 0 Å². The summed E-state index contributed by atoms with van der Waals surface area (Å²) < 4.78 is 0. The zero-order valence-electron chi connectivity index (χ0n) is 10.5. The molecule has 1 fully saturated rings. The molecule has 5 nitrogen and oxygen atoms in total. The Morgan fingerprint density at radius 3 is 2.58 bits per heavy atom. The molecule has 6 heteroatoms. The number of pyridine rings is 1. The second-order valence-electron chi connectivity index (χ2n) is 4.42. The highest BCUT2D eigenvalue weighted by molar-refractivity contribution is 6.30. The van der Waals surface area contributed by atoms with Crippen LogP contribution in [0.25, 0.3) is 0 Å². The Balaban J connectivity index is 2.60. The smallest absolute Gasteiger partial charge is 0.149 e. The summed E-state index contributed by atoms with van der Waals surface area (Å²) in [5, 5.41) is 28.2. The van der Waals surface area contributed by atoms with E-state index in [-0.39, 0.29) is 10.7 Å². The molecule has 0 aromatic carbocycles.